The third kappa shape index (κ3) is 2.87. The van der Waals surface area contributed by atoms with Gasteiger partial charge >= 0.3 is 0 Å². The lowest BCUT2D eigenvalue weighted by molar-refractivity contribution is 0.687. The monoisotopic (exact) mass is 219 g/mol. The van der Waals surface area contributed by atoms with Gasteiger partial charge in [-0.2, -0.15) is 0 Å². The molecule has 0 unspecified atom stereocenters. The highest BCUT2D eigenvalue weighted by atomic mass is 15.1. The Balaban J connectivity index is 1.93. The van der Waals surface area contributed by atoms with Gasteiger partial charge in [0.1, 0.15) is 5.82 Å². The second kappa shape index (κ2) is 5.19. The van der Waals surface area contributed by atoms with Gasteiger partial charge in [-0.05, 0) is 30.9 Å². The Kier molecular flexibility index (Phi) is 3.65. The van der Waals surface area contributed by atoms with Crippen molar-refractivity contribution >= 4 is 11.5 Å². The van der Waals surface area contributed by atoms with Crippen molar-refractivity contribution in [2.45, 2.75) is 26.7 Å². The third-order valence-electron chi connectivity index (χ3n) is 2.91. The lowest BCUT2D eigenvalue weighted by atomic mass is 10.2. The van der Waals surface area contributed by atoms with E-state index in [2.05, 4.69) is 41.2 Å². The zero-order valence-corrected chi connectivity index (χ0v) is 10.2. The fourth-order valence-electron chi connectivity index (χ4n) is 1.96. The molecule has 1 aromatic heterocycles. The van der Waals surface area contributed by atoms with Crippen molar-refractivity contribution in [2.75, 3.05) is 29.9 Å². The average molecular weight is 219 g/mol. The molecule has 3 heteroatoms. The topological polar surface area (TPSA) is 28.2 Å². The lowest BCUT2D eigenvalue weighted by Crippen LogP contribution is -2.17. The van der Waals surface area contributed by atoms with Crippen LogP contribution in [0.1, 0.15) is 26.7 Å². The molecule has 1 aromatic rings. The van der Waals surface area contributed by atoms with Crippen LogP contribution < -0.4 is 10.2 Å². The second-order valence-corrected chi connectivity index (χ2v) is 4.87. The van der Waals surface area contributed by atoms with Crippen LogP contribution in [0.3, 0.4) is 0 Å². The van der Waals surface area contributed by atoms with Gasteiger partial charge in [0, 0.05) is 19.6 Å². The third-order valence-corrected chi connectivity index (χ3v) is 2.91. The number of rotatable bonds is 4. The fourth-order valence-corrected chi connectivity index (χ4v) is 1.96. The van der Waals surface area contributed by atoms with Gasteiger partial charge in [-0.3, -0.25) is 0 Å². The summed E-state index contributed by atoms with van der Waals surface area (Å²) >= 11 is 0. The maximum atomic E-state index is 4.44. The van der Waals surface area contributed by atoms with Crippen LogP contribution >= 0.6 is 0 Å². The van der Waals surface area contributed by atoms with Gasteiger partial charge in [-0.25, -0.2) is 4.98 Å². The molecule has 2 rings (SSSR count). The van der Waals surface area contributed by atoms with E-state index in [1.165, 1.54) is 31.6 Å². The molecule has 88 valence electrons. The van der Waals surface area contributed by atoms with Crippen molar-refractivity contribution in [3.8, 4) is 0 Å². The first-order chi connectivity index (χ1) is 7.75. The Morgan fingerprint density at radius 3 is 2.62 bits per heavy atom. The number of nitrogens with zero attached hydrogens (tertiary/aromatic N) is 2. The SMILES string of the molecule is CC(C)CNc1ccc(N2CCCC2)cn1. The van der Waals surface area contributed by atoms with E-state index >= 15 is 0 Å². The molecule has 1 saturated heterocycles. The minimum atomic E-state index is 0.653. The molecule has 0 radical (unpaired) electrons. The first kappa shape index (κ1) is 11.2. The molecule has 1 aliphatic rings. The number of nitrogens with one attached hydrogen (secondary N) is 1. The molecule has 0 bridgehead atoms. The van der Waals surface area contributed by atoms with Crippen LogP contribution in [0.25, 0.3) is 0 Å². The molecule has 0 spiro atoms. The maximum Gasteiger partial charge on any atom is 0.126 e. The number of anilines is 2. The summed E-state index contributed by atoms with van der Waals surface area (Å²) < 4.78 is 0. The summed E-state index contributed by atoms with van der Waals surface area (Å²) in [6, 6.07) is 4.25. The first-order valence-electron chi connectivity index (χ1n) is 6.20. The van der Waals surface area contributed by atoms with Gasteiger partial charge in [-0.15, -0.1) is 0 Å². The van der Waals surface area contributed by atoms with E-state index in [-0.39, 0.29) is 0 Å². The maximum absolute atomic E-state index is 4.44. The zero-order chi connectivity index (χ0) is 11.4. The van der Waals surface area contributed by atoms with Crippen LogP contribution in [-0.2, 0) is 0 Å². The molecule has 0 aliphatic carbocycles. The molecule has 0 amide bonds. The van der Waals surface area contributed by atoms with Gasteiger partial charge < -0.3 is 10.2 Å². The van der Waals surface area contributed by atoms with Gasteiger partial charge in [0.2, 0.25) is 0 Å². The van der Waals surface area contributed by atoms with E-state index in [0.717, 1.165) is 12.4 Å². The minimum absolute atomic E-state index is 0.653. The fraction of sp³-hybridized carbons (Fsp3) is 0.615. The normalized spacial score (nSPS) is 15.8. The molecule has 3 nitrogen and oxygen atoms in total. The van der Waals surface area contributed by atoms with Crippen molar-refractivity contribution in [1.82, 2.24) is 4.98 Å². The summed E-state index contributed by atoms with van der Waals surface area (Å²) in [5, 5.41) is 3.33. The van der Waals surface area contributed by atoms with Gasteiger partial charge in [0.15, 0.2) is 0 Å². The second-order valence-electron chi connectivity index (χ2n) is 4.87. The number of aromatic nitrogens is 1. The summed E-state index contributed by atoms with van der Waals surface area (Å²) in [4.78, 5) is 6.84. The quantitative estimate of drug-likeness (QED) is 0.844. The van der Waals surface area contributed by atoms with Crippen LogP contribution in [0.5, 0.6) is 0 Å². The van der Waals surface area contributed by atoms with E-state index in [9.17, 15) is 0 Å². The molecule has 0 atom stereocenters. The molecule has 1 aliphatic heterocycles. The van der Waals surface area contributed by atoms with Crippen molar-refractivity contribution in [2.24, 2.45) is 5.92 Å². The summed E-state index contributed by atoms with van der Waals surface area (Å²) in [6.07, 6.45) is 4.61. The van der Waals surface area contributed by atoms with Gasteiger partial charge in [0.05, 0.1) is 11.9 Å². The van der Waals surface area contributed by atoms with E-state index in [4.69, 9.17) is 0 Å². The number of pyridine rings is 1. The largest absolute Gasteiger partial charge is 0.370 e. The Morgan fingerprint density at radius 1 is 1.31 bits per heavy atom. The Morgan fingerprint density at radius 2 is 2.06 bits per heavy atom. The van der Waals surface area contributed by atoms with Crippen LogP contribution in [0.4, 0.5) is 11.5 Å². The summed E-state index contributed by atoms with van der Waals surface area (Å²) in [6.45, 7) is 7.74. The molecule has 0 aromatic carbocycles. The Bertz CT molecular complexity index is 312. The predicted octanol–water partition coefficient (Wildman–Crippen LogP) is 2.75. The molecular weight excluding hydrogens is 198 g/mol. The number of hydrogen-bond donors (Lipinski definition) is 1. The zero-order valence-electron chi connectivity index (χ0n) is 10.2. The van der Waals surface area contributed by atoms with Crippen LogP contribution in [-0.4, -0.2) is 24.6 Å². The Labute approximate surface area is 97.9 Å². The molecule has 1 fully saturated rings. The van der Waals surface area contributed by atoms with Crippen LogP contribution in [0.15, 0.2) is 18.3 Å². The number of hydrogen-bond acceptors (Lipinski definition) is 3. The van der Waals surface area contributed by atoms with E-state index in [0.29, 0.717) is 5.92 Å². The lowest BCUT2D eigenvalue weighted by Gasteiger charge is -2.17. The van der Waals surface area contributed by atoms with Crippen molar-refractivity contribution in [3.05, 3.63) is 18.3 Å². The van der Waals surface area contributed by atoms with E-state index in [1.807, 2.05) is 6.20 Å². The van der Waals surface area contributed by atoms with Crippen LogP contribution in [0, 0.1) is 5.92 Å². The van der Waals surface area contributed by atoms with Crippen molar-refractivity contribution in [1.29, 1.82) is 0 Å². The van der Waals surface area contributed by atoms with Crippen LogP contribution in [0.2, 0.25) is 0 Å². The summed E-state index contributed by atoms with van der Waals surface area (Å²) in [5.41, 5.74) is 1.26. The molecular formula is C13H21N3. The smallest absolute Gasteiger partial charge is 0.126 e. The molecule has 16 heavy (non-hydrogen) atoms. The molecule has 1 N–H and O–H groups in total. The van der Waals surface area contributed by atoms with Crippen molar-refractivity contribution in [3.63, 3.8) is 0 Å². The first-order valence-corrected chi connectivity index (χ1v) is 6.20. The Hall–Kier alpha value is -1.25. The molecule has 2 heterocycles. The summed E-state index contributed by atoms with van der Waals surface area (Å²) in [7, 11) is 0. The highest BCUT2D eigenvalue weighted by Crippen LogP contribution is 2.20. The predicted molar refractivity (Wildman–Crippen MR) is 69.0 cm³/mol. The standard InChI is InChI=1S/C13H21N3/c1-11(2)9-14-13-6-5-12(10-15-13)16-7-3-4-8-16/h5-6,10-11H,3-4,7-9H2,1-2H3,(H,14,15). The average Bonchev–Trinajstić information content (AvgIpc) is 2.80. The highest BCUT2D eigenvalue weighted by molar-refractivity contribution is 5.49. The minimum Gasteiger partial charge on any atom is -0.370 e. The highest BCUT2D eigenvalue weighted by Gasteiger charge is 2.12. The summed E-state index contributed by atoms with van der Waals surface area (Å²) in [5.74, 6) is 1.64. The van der Waals surface area contributed by atoms with E-state index in [1.54, 1.807) is 0 Å². The van der Waals surface area contributed by atoms with Crippen molar-refractivity contribution < 1.29 is 0 Å². The van der Waals surface area contributed by atoms with Gasteiger partial charge in [-0.1, -0.05) is 13.8 Å². The van der Waals surface area contributed by atoms with Gasteiger partial charge in [0.25, 0.3) is 0 Å². The van der Waals surface area contributed by atoms with E-state index < -0.39 is 0 Å². The molecule has 0 saturated carbocycles.